The lowest BCUT2D eigenvalue weighted by molar-refractivity contribution is -0.115. The first-order chi connectivity index (χ1) is 16.6. The van der Waals surface area contributed by atoms with Crippen LogP contribution in [0.1, 0.15) is 46.7 Å². The van der Waals surface area contributed by atoms with E-state index in [2.05, 4.69) is 39.6 Å². The summed E-state index contributed by atoms with van der Waals surface area (Å²) in [5.41, 5.74) is 5.83. The summed E-state index contributed by atoms with van der Waals surface area (Å²) in [6.45, 7) is 14.9. The summed E-state index contributed by atoms with van der Waals surface area (Å²) >= 11 is 0.911. The molecule has 2 aromatic carbocycles. The quantitative estimate of drug-likeness (QED) is 0.378. The maximum Gasteiger partial charge on any atom is 0.290 e. The maximum absolute atomic E-state index is 11.8. The number of fused-ring (bicyclic) bond motifs is 1. The molecular formula is C28H31NO5S. The first-order valence-corrected chi connectivity index (χ1v) is 12.5. The van der Waals surface area contributed by atoms with E-state index in [1.807, 2.05) is 25.1 Å². The van der Waals surface area contributed by atoms with Gasteiger partial charge >= 0.3 is 0 Å². The van der Waals surface area contributed by atoms with E-state index in [0.717, 1.165) is 69.7 Å². The second kappa shape index (κ2) is 9.82. The van der Waals surface area contributed by atoms with Gasteiger partial charge in [0.25, 0.3) is 11.1 Å². The van der Waals surface area contributed by atoms with Crippen LogP contribution in [0.5, 0.6) is 17.2 Å². The molecule has 1 N–H and O–H groups in total. The van der Waals surface area contributed by atoms with Crippen LogP contribution in [0, 0.1) is 27.7 Å². The largest absolute Gasteiger partial charge is 0.489 e. The fraction of sp³-hybridized carbons (Fsp3) is 0.357. The zero-order valence-electron chi connectivity index (χ0n) is 20.9. The van der Waals surface area contributed by atoms with Gasteiger partial charge in [0.1, 0.15) is 36.1 Å². The third-order valence-corrected chi connectivity index (χ3v) is 7.39. The summed E-state index contributed by atoms with van der Waals surface area (Å²) in [6, 6.07) is 5.72. The highest BCUT2D eigenvalue weighted by atomic mass is 32.2. The number of ether oxygens (including phenoxy) is 3. The van der Waals surface area contributed by atoms with Crippen LogP contribution in [0.15, 0.2) is 35.8 Å². The Kier molecular flexibility index (Phi) is 6.99. The Morgan fingerprint density at radius 1 is 1.14 bits per heavy atom. The van der Waals surface area contributed by atoms with Crippen molar-refractivity contribution in [2.75, 3.05) is 13.2 Å². The van der Waals surface area contributed by atoms with Crippen molar-refractivity contribution < 1.29 is 23.8 Å². The maximum atomic E-state index is 11.8. The summed E-state index contributed by atoms with van der Waals surface area (Å²) in [6.07, 6.45) is 5.18. The molecular weight excluding hydrogens is 462 g/mol. The predicted molar refractivity (Wildman–Crippen MR) is 139 cm³/mol. The monoisotopic (exact) mass is 493 g/mol. The normalized spacial score (nSPS) is 20.3. The van der Waals surface area contributed by atoms with Crippen molar-refractivity contribution in [2.45, 2.75) is 53.1 Å². The molecule has 0 aliphatic carbocycles. The lowest BCUT2D eigenvalue weighted by Gasteiger charge is -2.38. The molecule has 1 saturated heterocycles. The number of aryl methyl sites for hydroxylation is 1. The fourth-order valence-corrected chi connectivity index (χ4v) is 5.15. The van der Waals surface area contributed by atoms with E-state index >= 15 is 0 Å². The molecule has 184 valence electrons. The van der Waals surface area contributed by atoms with Crippen LogP contribution in [0.2, 0.25) is 0 Å². The van der Waals surface area contributed by atoms with Crippen LogP contribution in [0.25, 0.3) is 6.08 Å². The SMILES string of the molecule is C=CCOc1c(C)c(C)c2c(c1C)CCC(C)(COc1ccc(C=C3SC(=O)NC3=O)cc1C)O2. The molecule has 0 saturated carbocycles. The molecule has 4 rings (SSSR count). The summed E-state index contributed by atoms with van der Waals surface area (Å²) in [5, 5.41) is 1.93. The Bertz CT molecular complexity index is 1250. The molecule has 2 amide bonds. The van der Waals surface area contributed by atoms with Crippen LogP contribution < -0.4 is 19.5 Å². The molecule has 0 spiro atoms. The molecule has 2 heterocycles. The van der Waals surface area contributed by atoms with Gasteiger partial charge in [-0.1, -0.05) is 18.7 Å². The second-order valence-corrected chi connectivity index (χ2v) is 10.3. The van der Waals surface area contributed by atoms with Crippen molar-refractivity contribution in [1.82, 2.24) is 5.32 Å². The van der Waals surface area contributed by atoms with Crippen molar-refractivity contribution in [2.24, 2.45) is 0 Å². The van der Waals surface area contributed by atoms with E-state index in [0.29, 0.717) is 18.1 Å². The van der Waals surface area contributed by atoms with E-state index < -0.39 is 5.60 Å². The highest BCUT2D eigenvalue weighted by molar-refractivity contribution is 8.18. The van der Waals surface area contributed by atoms with Gasteiger partial charge in [-0.25, -0.2) is 0 Å². The summed E-state index contributed by atoms with van der Waals surface area (Å²) in [4.78, 5) is 23.6. The molecule has 7 heteroatoms. The highest BCUT2D eigenvalue weighted by Gasteiger charge is 2.36. The molecule has 1 fully saturated rings. The van der Waals surface area contributed by atoms with Crippen LogP contribution in [0.3, 0.4) is 0 Å². The zero-order chi connectivity index (χ0) is 25.3. The smallest absolute Gasteiger partial charge is 0.290 e. The summed E-state index contributed by atoms with van der Waals surface area (Å²) in [7, 11) is 0. The highest BCUT2D eigenvalue weighted by Crippen LogP contribution is 2.44. The Morgan fingerprint density at radius 3 is 2.57 bits per heavy atom. The number of rotatable bonds is 7. The molecule has 2 aliphatic rings. The van der Waals surface area contributed by atoms with E-state index in [-0.39, 0.29) is 11.1 Å². The van der Waals surface area contributed by atoms with Gasteiger partial charge in [0, 0.05) is 5.56 Å². The number of carbonyl (C=O) groups excluding carboxylic acids is 2. The van der Waals surface area contributed by atoms with Gasteiger partial charge in [-0.05, 0) is 105 Å². The lowest BCUT2D eigenvalue weighted by Crippen LogP contribution is -2.42. The van der Waals surface area contributed by atoms with E-state index in [1.165, 1.54) is 5.56 Å². The van der Waals surface area contributed by atoms with E-state index in [4.69, 9.17) is 14.2 Å². The van der Waals surface area contributed by atoms with Crippen molar-refractivity contribution in [3.05, 3.63) is 69.1 Å². The number of amides is 2. The molecule has 2 aliphatic heterocycles. The summed E-state index contributed by atoms with van der Waals surface area (Å²) < 4.78 is 18.7. The number of thioether (sulfide) groups is 1. The third kappa shape index (κ3) is 5.10. The molecule has 6 nitrogen and oxygen atoms in total. The van der Waals surface area contributed by atoms with E-state index in [9.17, 15) is 9.59 Å². The number of imide groups is 1. The topological polar surface area (TPSA) is 73.9 Å². The molecule has 0 aromatic heterocycles. The minimum absolute atomic E-state index is 0.346. The van der Waals surface area contributed by atoms with Gasteiger partial charge in [-0.15, -0.1) is 0 Å². The van der Waals surface area contributed by atoms with Crippen molar-refractivity contribution in [3.8, 4) is 17.2 Å². The van der Waals surface area contributed by atoms with Crippen LogP contribution in [-0.2, 0) is 11.2 Å². The van der Waals surface area contributed by atoms with Crippen molar-refractivity contribution in [3.63, 3.8) is 0 Å². The molecule has 0 bridgehead atoms. The average molecular weight is 494 g/mol. The van der Waals surface area contributed by atoms with Crippen molar-refractivity contribution >= 4 is 29.0 Å². The molecule has 2 aromatic rings. The van der Waals surface area contributed by atoms with Gasteiger partial charge in [0.2, 0.25) is 0 Å². The van der Waals surface area contributed by atoms with Gasteiger partial charge < -0.3 is 14.2 Å². The molecule has 1 unspecified atom stereocenters. The lowest BCUT2D eigenvalue weighted by atomic mass is 9.87. The first kappa shape index (κ1) is 24.9. The standard InChI is InChI=1S/C28H31NO5S/c1-7-12-32-24-17(3)18(4)25-21(19(24)5)10-11-28(6,34-25)15-33-22-9-8-20(13-16(22)2)14-23-26(30)29-27(31)35-23/h7-9,13-14H,1,10-12,15H2,2-6H3,(H,29,30,31). The van der Waals surface area contributed by atoms with Crippen LogP contribution >= 0.6 is 11.8 Å². The second-order valence-electron chi connectivity index (χ2n) is 9.33. The Morgan fingerprint density at radius 2 is 1.91 bits per heavy atom. The van der Waals surface area contributed by atoms with Gasteiger partial charge in [-0.3, -0.25) is 14.9 Å². The average Bonchev–Trinajstić information content (AvgIpc) is 3.13. The Balaban J connectivity index is 1.49. The number of hydrogen-bond donors (Lipinski definition) is 1. The minimum Gasteiger partial charge on any atom is -0.489 e. The zero-order valence-corrected chi connectivity index (χ0v) is 21.7. The number of benzene rings is 2. The van der Waals surface area contributed by atoms with Crippen molar-refractivity contribution in [1.29, 1.82) is 0 Å². The van der Waals surface area contributed by atoms with Gasteiger partial charge in [-0.2, -0.15) is 0 Å². The fourth-order valence-electron chi connectivity index (χ4n) is 4.47. The molecule has 1 atom stereocenters. The first-order valence-electron chi connectivity index (χ1n) is 11.7. The Hall–Kier alpha value is -3.19. The minimum atomic E-state index is -0.466. The van der Waals surface area contributed by atoms with E-state index in [1.54, 1.807) is 12.2 Å². The molecule has 35 heavy (non-hydrogen) atoms. The molecule has 0 radical (unpaired) electrons. The number of hydrogen-bond acceptors (Lipinski definition) is 6. The third-order valence-electron chi connectivity index (χ3n) is 6.58. The number of nitrogens with one attached hydrogen (secondary N) is 1. The number of carbonyl (C=O) groups is 2. The van der Waals surface area contributed by atoms with Crippen LogP contribution in [0.4, 0.5) is 4.79 Å². The van der Waals surface area contributed by atoms with Crippen LogP contribution in [-0.4, -0.2) is 30.0 Å². The van der Waals surface area contributed by atoms with Gasteiger partial charge in [0.05, 0.1) is 4.91 Å². The van der Waals surface area contributed by atoms with Gasteiger partial charge in [0.15, 0.2) is 0 Å². The summed E-state index contributed by atoms with van der Waals surface area (Å²) in [5.74, 6) is 2.26. The predicted octanol–water partition coefficient (Wildman–Crippen LogP) is 5.97. The Labute approximate surface area is 210 Å².